The van der Waals surface area contributed by atoms with Gasteiger partial charge in [0.15, 0.2) is 0 Å². The fraction of sp³-hybridized carbons (Fsp3) is 0.733. The van der Waals surface area contributed by atoms with Crippen LogP contribution >= 0.6 is 0 Å². The number of hydrogen-bond acceptors (Lipinski definition) is 2. The minimum Gasteiger partial charge on any atom is -0.550 e. The molecule has 0 aliphatic rings. The minimum atomic E-state index is -0.966. The van der Waals surface area contributed by atoms with E-state index in [1.165, 1.54) is 38.5 Å². The van der Waals surface area contributed by atoms with Crippen LogP contribution in [0.15, 0.2) is 18.7 Å². The summed E-state index contributed by atoms with van der Waals surface area (Å²) >= 11 is 0. The molecular weight excluding hydrogens is 240 g/mol. The standard InChI is InChI=1S/C15H26N2O2/c1-2-3-4-5-6-7-10-16-12-13-17(14-16)11-8-9-15(18)19/h12-14H,2-11H2,1H3. The number of hydrogen-bond donors (Lipinski definition) is 0. The molecule has 108 valence electrons. The third-order valence-corrected chi connectivity index (χ3v) is 3.31. The van der Waals surface area contributed by atoms with Crippen molar-refractivity contribution in [2.45, 2.75) is 71.4 Å². The van der Waals surface area contributed by atoms with E-state index >= 15 is 0 Å². The number of imidazole rings is 1. The van der Waals surface area contributed by atoms with E-state index in [4.69, 9.17) is 0 Å². The molecule has 0 spiro atoms. The van der Waals surface area contributed by atoms with E-state index in [9.17, 15) is 9.90 Å². The molecule has 0 aromatic carbocycles. The Morgan fingerprint density at radius 1 is 1.16 bits per heavy atom. The summed E-state index contributed by atoms with van der Waals surface area (Å²) in [5, 5.41) is 10.3. The van der Waals surface area contributed by atoms with Crippen LogP contribution in [0.3, 0.4) is 0 Å². The van der Waals surface area contributed by atoms with E-state index < -0.39 is 5.97 Å². The number of unbranched alkanes of at least 4 members (excludes halogenated alkanes) is 5. The van der Waals surface area contributed by atoms with Gasteiger partial charge >= 0.3 is 0 Å². The van der Waals surface area contributed by atoms with Crippen molar-refractivity contribution in [1.82, 2.24) is 4.57 Å². The number of carboxylic acid groups (broad SMARTS) is 1. The fourth-order valence-corrected chi connectivity index (χ4v) is 2.18. The highest BCUT2D eigenvalue weighted by Gasteiger charge is 2.03. The molecule has 1 rings (SSSR count). The first-order valence-electron chi connectivity index (χ1n) is 7.47. The molecule has 4 heteroatoms. The summed E-state index contributed by atoms with van der Waals surface area (Å²) in [5.41, 5.74) is 0. The third kappa shape index (κ3) is 7.65. The molecule has 0 bridgehead atoms. The molecule has 0 unspecified atom stereocenters. The molecule has 0 saturated carbocycles. The summed E-state index contributed by atoms with van der Waals surface area (Å²) in [5.74, 6) is -0.966. The van der Waals surface area contributed by atoms with Gasteiger partial charge in [-0.05, 0) is 25.7 Å². The first-order chi connectivity index (χ1) is 9.22. The predicted molar refractivity (Wildman–Crippen MR) is 72.2 cm³/mol. The molecular formula is C15H26N2O2. The minimum absolute atomic E-state index is 0.135. The van der Waals surface area contributed by atoms with E-state index in [2.05, 4.69) is 24.0 Å². The summed E-state index contributed by atoms with van der Waals surface area (Å²) in [6, 6.07) is 0. The Labute approximate surface area is 116 Å². The number of aromatic nitrogens is 2. The van der Waals surface area contributed by atoms with E-state index in [0.29, 0.717) is 6.42 Å². The number of aliphatic carboxylic acids is 1. The highest BCUT2D eigenvalue weighted by atomic mass is 16.4. The zero-order valence-corrected chi connectivity index (χ0v) is 12.0. The summed E-state index contributed by atoms with van der Waals surface area (Å²) in [4.78, 5) is 10.3. The van der Waals surface area contributed by atoms with Crippen LogP contribution in [0.1, 0.15) is 58.3 Å². The van der Waals surface area contributed by atoms with Gasteiger partial charge in [0.25, 0.3) is 0 Å². The van der Waals surface area contributed by atoms with Crippen molar-refractivity contribution in [3.05, 3.63) is 18.7 Å². The molecule has 0 N–H and O–H groups in total. The number of carbonyl (C=O) groups excluding carboxylic acids is 1. The van der Waals surface area contributed by atoms with Gasteiger partial charge < -0.3 is 9.90 Å². The number of aryl methyl sites for hydroxylation is 2. The quantitative estimate of drug-likeness (QED) is 0.452. The van der Waals surface area contributed by atoms with Gasteiger partial charge in [-0.25, -0.2) is 9.13 Å². The molecule has 19 heavy (non-hydrogen) atoms. The average molecular weight is 266 g/mol. The molecule has 0 fully saturated rings. The molecule has 0 amide bonds. The number of nitrogens with zero attached hydrogens (tertiary/aromatic N) is 2. The van der Waals surface area contributed by atoms with Gasteiger partial charge in [-0.2, -0.15) is 0 Å². The molecule has 4 nitrogen and oxygen atoms in total. The Bertz CT molecular complexity index is 361. The van der Waals surface area contributed by atoms with Crippen molar-refractivity contribution < 1.29 is 14.5 Å². The lowest BCUT2D eigenvalue weighted by molar-refractivity contribution is -0.696. The van der Waals surface area contributed by atoms with Crippen LogP contribution in [0.4, 0.5) is 0 Å². The van der Waals surface area contributed by atoms with Crippen LogP contribution in [0.5, 0.6) is 0 Å². The topological polar surface area (TPSA) is 48.9 Å². The highest BCUT2D eigenvalue weighted by Crippen LogP contribution is 2.05. The lowest BCUT2D eigenvalue weighted by Gasteiger charge is -2.00. The largest absolute Gasteiger partial charge is 0.550 e. The Balaban J connectivity index is 2.11. The van der Waals surface area contributed by atoms with Crippen LogP contribution in [0.2, 0.25) is 0 Å². The molecule has 1 aromatic heterocycles. The van der Waals surface area contributed by atoms with Gasteiger partial charge in [-0.1, -0.05) is 32.6 Å². The second kappa shape index (κ2) is 9.59. The third-order valence-electron chi connectivity index (χ3n) is 3.31. The maximum Gasteiger partial charge on any atom is 0.243 e. The lowest BCUT2D eigenvalue weighted by atomic mass is 10.1. The molecule has 0 saturated heterocycles. The SMILES string of the molecule is CCCCCCCCn1cc[n+](CCCC(=O)[O-])c1. The van der Waals surface area contributed by atoms with Gasteiger partial charge in [0.1, 0.15) is 12.4 Å². The van der Waals surface area contributed by atoms with Crippen molar-refractivity contribution in [3.8, 4) is 0 Å². The Morgan fingerprint density at radius 2 is 1.89 bits per heavy atom. The number of carbonyl (C=O) groups is 1. The maximum atomic E-state index is 10.3. The van der Waals surface area contributed by atoms with Crippen LogP contribution in [0.25, 0.3) is 0 Å². The van der Waals surface area contributed by atoms with Gasteiger partial charge in [-0.15, -0.1) is 0 Å². The Hall–Kier alpha value is -1.32. The summed E-state index contributed by atoms with van der Waals surface area (Å²) in [6.07, 6.45) is 14.7. The first kappa shape index (κ1) is 15.7. The van der Waals surface area contributed by atoms with Gasteiger partial charge in [0.05, 0.1) is 13.1 Å². The van der Waals surface area contributed by atoms with Crippen LogP contribution < -0.4 is 9.67 Å². The summed E-state index contributed by atoms with van der Waals surface area (Å²) in [7, 11) is 0. The smallest absolute Gasteiger partial charge is 0.243 e. The summed E-state index contributed by atoms with van der Waals surface area (Å²) in [6.45, 7) is 4.04. The van der Waals surface area contributed by atoms with Crippen molar-refractivity contribution in [2.24, 2.45) is 0 Å². The molecule has 1 heterocycles. The van der Waals surface area contributed by atoms with E-state index in [0.717, 1.165) is 13.1 Å². The second-order valence-electron chi connectivity index (χ2n) is 5.13. The van der Waals surface area contributed by atoms with Crippen molar-refractivity contribution in [2.75, 3.05) is 0 Å². The average Bonchev–Trinajstić information content (AvgIpc) is 2.81. The number of carboxylic acids is 1. The molecule has 0 aliphatic heterocycles. The van der Waals surface area contributed by atoms with Gasteiger partial charge in [0.2, 0.25) is 6.33 Å². The van der Waals surface area contributed by atoms with E-state index in [-0.39, 0.29) is 6.42 Å². The second-order valence-corrected chi connectivity index (χ2v) is 5.13. The van der Waals surface area contributed by atoms with Crippen molar-refractivity contribution >= 4 is 5.97 Å². The Kier molecular flexibility index (Phi) is 7.94. The van der Waals surface area contributed by atoms with Crippen molar-refractivity contribution in [1.29, 1.82) is 0 Å². The predicted octanol–water partition coefficient (Wildman–Crippen LogP) is 1.67. The monoisotopic (exact) mass is 266 g/mol. The van der Waals surface area contributed by atoms with Crippen LogP contribution in [-0.2, 0) is 17.9 Å². The lowest BCUT2D eigenvalue weighted by Crippen LogP contribution is -2.32. The van der Waals surface area contributed by atoms with Crippen molar-refractivity contribution in [3.63, 3.8) is 0 Å². The first-order valence-corrected chi connectivity index (χ1v) is 7.47. The molecule has 0 aliphatic carbocycles. The zero-order valence-electron chi connectivity index (χ0n) is 12.0. The molecule has 1 aromatic rings. The molecule has 0 atom stereocenters. The normalized spacial score (nSPS) is 10.8. The highest BCUT2D eigenvalue weighted by molar-refractivity contribution is 5.63. The van der Waals surface area contributed by atoms with Gasteiger partial charge in [0, 0.05) is 5.97 Å². The summed E-state index contributed by atoms with van der Waals surface area (Å²) < 4.78 is 4.22. The maximum absolute atomic E-state index is 10.3. The van der Waals surface area contributed by atoms with Gasteiger partial charge in [-0.3, -0.25) is 0 Å². The molecule has 0 radical (unpaired) electrons. The van der Waals surface area contributed by atoms with Crippen LogP contribution in [0, 0.1) is 0 Å². The van der Waals surface area contributed by atoms with Crippen LogP contribution in [-0.4, -0.2) is 10.5 Å². The van der Waals surface area contributed by atoms with E-state index in [1.54, 1.807) is 0 Å². The number of rotatable bonds is 11. The Morgan fingerprint density at radius 3 is 2.63 bits per heavy atom. The fourth-order valence-electron chi connectivity index (χ4n) is 2.18. The van der Waals surface area contributed by atoms with E-state index in [1.807, 2.05) is 10.8 Å². The zero-order chi connectivity index (χ0) is 13.9.